The van der Waals surface area contributed by atoms with Crippen LogP contribution in [0.15, 0.2) is 164 Å². The van der Waals surface area contributed by atoms with E-state index in [4.69, 9.17) is 11.4 Å². The van der Waals surface area contributed by atoms with Crippen LogP contribution in [-0.4, -0.2) is 14.1 Å². The number of pyridine rings is 1. The van der Waals surface area contributed by atoms with Crippen LogP contribution in [0, 0.1) is 57.7 Å². The molecule has 0 aliphatic heterocycles. The second-order valence-corrected chi connectivity index (χ2v) is 16.3. The zero-order valence-electron chi connectivity index (χ0n) is 36.5. The Bertz CT molecular complexity index is 3960. The zero-order chi connectivity index (χ0) is 48.0. The van der Waals surface area contributed by atoms with Gasteiger partial charge in [0.05, 0.1) is 91.4 Å². The smallest absolute Gasteiger partial charge is 0.307 e. The second kappa shape index (κ2) is 17.1. The number of benzene rings is 7. The fourth-order valence-corrected chi connectivity index (χ4v) is 9.22. The molecule has 0 radical (unpaired) electrons. The molecule has 0 aliphatic rings. The van der Waals surface area contributed by atoms with E-state index in [2.05, 4.69) is 30.2 Å². The van der Waals surface area contributed by atoms with Gasteiger partial charge >= 0.3 is 6.18 Å². The van der Waals surface area contributed by atoms with Crippen molar-refractivity contribution in [1.82, 2.24) is 14.1 Å². The van der Waals surface area contributed by atoms with Crippen LogP contribution in [0.4, 0.5) is 13.2 Å². The first kappa shape index (κ1) is 43.0. The average molecular weight is 896 g/mol. The molecule has 3 aromatic heterocycles. The van der Waals surface area contributed by atoms with Crippen LogP contribution < -0.4 is 0 Å². The van der Waals surface area contributed by atoms with Crippen LogP contribution in [0.25, 0.3) is 94.9 Å². The Hall–Kier alpha value is -9.92. The van der Waals surface area contributed by atoms with E-state index >= 15 is 13.2 Å². The van der Waals surface area contributed by atoms with E-state index in [1.54, 1.807) is 59.2 Å². The van der Waals surface area contributed by atoms with E-state index < -0.39 is 11.7 Å². The summed E-state index contributed by atoms with van der Waals surface area (Å²) < 4.78 is 51.5. The highest BCUT2D eigenvalue weighted by atomic mass is 19.4. The maximum atomic E-state index is 16.0. The molecule has 0 atom stereocenters. The Morgan fingerprint density at radius 1 is 0.507 bits per heavy atom. The fourth-order valence-electron chi connectivity index (χ4n) is 9.22. The number of rotatable bonds is 7. The van der Waals surface area contributed by atoms with E-state index in [9.17, 15) is 21.0 Å². The molecule has 7 nitrogen and oxygen atoms in total. The molecule has 10 aromatic rings. The van der Waals surface area contributed by atoms with Crippen LogP contribution in [0.2, 0.25) is 0 Å². The van der Waals surface area contributed by atoms with Gasteiger partial charge in [-0.1, -0.05) is 84.8 Å². The number of nitriles is 4. The number of aromatic nitrogens is 3. The summed E-state index contributed by atoms with van der Waals surface area (Å²) in [6.45, 7) is 1.82. The number of hydrogen-bond donors (Lipinski definition) is 0. The van der Waals surface area contributed by atoms with Gasteiger partial charge in [0.1, 0.15) is 5.69 Å². The topological polar surface area (TPSA) is 118 Å². The second-order valence-electron chi connectivity index (χ2n) is 16.3. The third-order valence-corrected chi connectivity index (χ3v) is 12.2. The molecule has 3 heterocycles. The normalized spacial score (nSPS) is 11.3. The third kappa shape index (κ3) is 7.50. The molecule has 0 unspecified atom stereocenters. The molecule has 0 aliphatic carbocycles. The van der Waals surface area contributed by atoms with Crippen LogP contribution in [0.5, 0.6) is 0 Å². The Labute approximate surface area is 394 Å². The number of alkyl halides is 3. The van der Waals surface area contributed by atoms with E-state index in [0.717, 1.165) is 28.0 Å². The Balaban J connectivity index is 1.33. The van der Waals surface area contributed by atoms with Crippen molar-refractivity contribution in [2.45, 2.75) is 13.1 Å². The molecule has 69 heavy (non-hydrogen) atoms. The van der Waals surface area contributed by atoms with Crippen LogP contribution in [0.1, 0.15) is 46.0 Å². The molecule has 0 saturated carbocycles. The molecule has 10 heteroatoms. The van der Waals surface area contributed by atoms with Crippen molar-refractivity contribution in [1.29, 1.82) is 21.0 Å². The minimum atomic E-state index is -4.87. The number of para-hydroxylation sites is 1. The highest BCUT2D eigenvalue weighted by Crippen LogP contribution is 2.45. The quantitative estimate of drug-likeness (QED) is 0.148. The van der Waals surface area contributed by atoms with Gasteiger partial charge < -0.3 is 4.57 Å². The minimum absolute atomic E-state index is 0.107. The Morgan fingerprint density at radius 2 is 1.04 bits per heavy atom. The molecule has 0 N–H and O–H groups in total. The molecule has 0 amide bonds. The molecule has 0 bridgehead atoms. The number of hydrogen-bond acceptors (Lipinski definition) is 5. The zero-order valence-corrected chi connectivity index (χ0v) is 36.5. The van der Waals surface area contributed by atoms with Gasteiger partial charge in [0.2, 0.25) is 0 Å². The van der Waals surface area contributed by atoms with Gasteiger partial charge in [-0.25, -0.2) is 4.98 Å². The maximum absolute atomic E-state index is 16.0. The fraction of sp³-hybridized carbons (Fsp3) is 0.0339. The minimum Gasteiger partial charge on any atom is -0.307 e. The number of halogens is 3. The highest BCUT2D eigenvalue weighted by molar-refractivity contribution is 6.11. The Morgan fingerprint density at radius 3 is 1.62 bits per heavy atom. The van der Waals surface area contributed by atoms with E-state index in [1.807, 2.05) is 103 Å². The van der Waals surface area contributed by atoms with E-state index in [0.29, 0.717) is 83.5 Å². The summed E-state index contributed by atoms with van der Waals surface area (Å²) in [4.78, 5) is 4.84. The Kier molecular flexibility index (Phi) is 10.7. The van der Waals surface area contributed by atoms with Gasteiger partial charge in [-0.05, 0) is 120 Å². The lowest BCUT2D eigenvalue weighted by Crippen LogP contribution is -2.13. The lowest BCUT2D eigenvalue weighted by Gasteiger charge is -2.22. The van der Waals surface area contributed by atoms with Crippen LogP contribution in [-0.2, 0) is 6.18 Å². The molecule has 0 fully saturated rings. The number of allylic oxidation sites excluding steroid dienone is 1. The van der Waals surface area contributed by atoms with Gasteiger partial charge in [0.25, 0.3) is 0 Å². The first-order valence-electron chi connectivity index (χ1n) is 21.6. The number of nitrogens with zero attached hydrogens (tertiary/aromatic N) is 7. The summed E-state index contributed by atoms with van der Waals surface area (Å²) in [6, 6.07) is 54.1. The van der Waals surface area contributed by atoms with Crippen molar-refractivity contribution in [2.24, 2.45) is 0 Å². The average Bonchev–Trinajstić information content (AvgIpc) is 3.89. The highest BCUT2D eigenvalue weighted by Gasteiger charge is 2.37. The first-order chi connectivity index (χ1) is 33.5. The van der Waals surface area contributed by atoms with Crippen molar-refractivity contribution in [3.8, 4) is 92.8 Å². The first-order valence-corrected chi connectivity index (χ1v) is 21.6. The summed E-state index contributed by atoms with van der Waals surface area (Å²) in [5.41, 5.74) is 7.41. The van der Waals surface area contributed by atoms with Crippen molar-refractivity contribution in [3.05, 3.63) is 203 Å². The maximum Gasteiger partial charge on any atom is 0.417 e. The van der Waals surface area contributed by atoms with Crippen molar-refractivity contribution in [3.63, 3.8) is 0 Å². The lowest BCUT2D eigenvalue weighted by molar-refractivity contribution is -0.137. The summed E-state index contributed by atoms with van der Waals surface area (Å²) in [7, 11) is 0. The monoisotopic (exact) mass is 895 g/mol. The van der Waals surface area contributed by atoms with Gasteiger partial charge in [0.15, 0.2) is 0 Å². The van der Waals surface area contributed by atoms with Crippen molar-refractivity contribution in [2.75, 3.05) is 0 Å². The van der Waals surface area contributed by atoms with Crippen LogP contribution >= 0.6 is 0 Å². The molecule has 324 valence electrons. The van der Waals surface area contributed by atoms with Gasteiger partial charge in [0, 0.05) is 32.8 Å². The lowest BCUT2D eigenvalue weighted by atomic mass is 9.98. The standard InChI is InChI=1S/C59H32F3N7/c1-3-11-45-47-28-41(43-24-36(32-63)22-37(25-43)33-64)18-20-55(47)68(53(45)4-2)58-31-50(59(60,61)62)49(52-16-10-15-51(67-52)40-12-6-5-7-13-40)30-57(58)69-54-17-9-8-14-46(54)48-29-42(19-21-56(48)69)44-26-38(34-65)23-39(27-44)35-66/h2-3,5-31H,1H3/b11-3-. The van der Waals surface area contributed by atoms with Gasteiger partial charge in [-0.3, -0.25) is 4.57 Å². The molecular formula is C59H32F3N7. The van der Waals surface area contributed by atoms with E-state index in [-0.39, 0.29) is 16.9 Å². The third-order valence-electron chi connectivity index (χ3n) is 12.2. The SMILES string of the molecule is C#Cc1c(/C=C\C)c2cc(-c3cc(C#N)cc(C#N)c3)ccc2n1-c1cc(C(F)(F)F)c(-c2cccc(-c3ccccc3)n2)cc1-n1c2ccccc2c2cc(-c3cc(C#N)cc(C#N)c3)ccc21. The summed E-state index contributed by atoms with van der Waals surface area (Å²) in [5, 5.41) is 41.4. The number of fused-ring (bicyclic) bond motifs is 4. The molecule has 0 saturated heterocycles. The van der Waals surface area contributed by atoms with Gasteiger partial charge in [-0.15, -0.1) is 6.42 Å². The molecule has 10 rings (SSSR count). The van der Waals surface area contributed by atoms with Crippen LogP contribution in [0.3, 0.4) is 0 Å². The molecule has 0 spiro atoms. The summed E-state index contributed by atoms with van der Waals surface area (Å²) in [6.07, 6.45) is 5.19. The summed E-state index contributed by atoms with van der Waals surface area (Å²) in [5.74, 6) is 2.83. The van der Waals surface area contributed by atoms with Crippen molar-refractivity contribution >= 4 is 38.8 Å². The predicted octanol–water partition coefficient (Wildman–Crippen LogP) is 14.3. The summed E-state index contributed by atoms with van der Waals surface area (Å²) >= 11 is 0. The predicted molar refractivity (Wildman–Crippen MR) is 264 cm³/mol. The van der Waals surface area contributed by atoms with Crippen molar-refractivity contribution < 1.29 is 13.2 Å². The van der Waals surface area contributed by atoms with E-state index in [1.165, 1.54) is 18.2 Å². The number of terminal acetylenes is 1. The largest absolute Gasteiger partial charge is 0.417 e. The molecule has 7 aromatic carbocycles. The van der Waals surface area contributed by atoms with Gasteiger partial charge in [-0.2, -0.15) is 34.2 Å². The molecular weight excluding hydrogens is 864 g/mol.